The maximum absolute atomic E-state index is 13.4. The quantitative estimate of drug-likeness (QED) is 0.599. The van der Waals surface area contributed by atoms with E-state index in [9.17, 15) is 14.0 Å². The summed E-state index contributed by atoms with van der Waals surface area (Å²) in [5.74, 6) is 0.000477. The molecule has 0 unspecified atom stereocenters. The van der Waals surface area contributed by atoms with Crippen LogP contribution in [-0.4, -0.2) is 29.8 Å². The van der Waals surface area contributed by atoms with Crippen LogP contribution in [0.4, 0.5) is 21.5 Å². The average molecular weight is 429 g/mol. The number of rotatable bonds is 3. The lowest BCUT2D eigenvalue weighted by atomic mass is 9.90. The largest absolute Gasteiger partial charge is 0.353 e. The van der Waals surface area contributed by atoms with Crippen LogP contribution in [0.2, 0.25) is 0 Å². The van der Waals surface area contributed by atoms with E-state index in [1.165, 1.54) is 6.07 Å². The van der Waals surface area contributed by atoms with Crippen LogP contribution in [0.5, 0.6) is 0 Å². The molecule has 0 radical (unpaired) electrons. The van der Waals surface area contributed by atoms with Gasteiger partial charge in [-0.1, -0.05) is 24.3 Å². The minimum absolute atomic E-state index is 0.0342. The summed E-state index contributed by atoms with van der Waals surface area (Å²) in [4.78, 5) is 27.6. The number of anilines is 3. The van der Waals surface area contributed by atoms with Gasteiger partial charge in [0.1, 0.15) is 5.82 Å². The predicted octanol–water partition coefficient (Wildman–Crippen LogP) is 5.23. The lowest BCUT2D eigenvalue weighted by Gasteiger charge is -2.32. The summed E-state index contributed by atoms with van der Waals surface area (Å²) in [6, 6.07) is 19.5. The highest BCUT2D eigenvalue weighted by Crippen LogP contribution is 2.33. The molecule has 0 atom stereocenters. The molecule has 0 bridgehead atoms. The molecule has 0 spiro atoms. The standard InChI is InChI=1S/C26H24FN3O2/c27-20-5-3-4-18(15-20)14-17-10-12-30(13-11-17)26(32)19-8-9-23-24(16-19)29-25(31)21-6-1-2-7-22(21)28-23/h1-9,15-17,28H,10-14H2,(H,29,31). The summed E-state index contributed by atoms with van der Waals surface area (Å²) in [7, 11) is 0. The Labute approximate surface area is 186 Å². The van der Waals surface area contributed by atoms with E-state index in [1.807, 2.05) is 35.2 Å². The molecular formula is C26H24FN3O2. The molecule has 5 nitrogen and oxygen atoms in total. The molecule has 0 saturated carbocycles. The molecule has 162 valence electrons. The number of likely N-dealkylation sites (tertiary alicyclic amines) is 1. The summed E-state index contributed by atoms with van der Waals surface area (Å²) in [6.07, 6.45) is 2.61. The zero-order chi connectivity index (χ0) is 22.1. The number of carbonyl (C=O) groups is 2. The molecule has 2 aliphatic heterocycles. The monoisotopic (exact) mass is 429 g/mol. The molecule has 1 saturated heterocycles. The first-order valence-electron chi connectivity index (χ1n) is 10.9. The van der Waals surface area contributed by atoms with E-state index in [0.717, 1.165) is 36.2 Å². The third kappa shape index (κ3) is 4.08. The summed E-state index contributed by atoms with van der Waals surface area (Å²) in [5, 5.41) is 6.19. The Bertz CT molecular complexity index is 1190. The van der Waals surface area contributed by atoms with Crippen LogP contribution < -0.4 is 10.6 Å². The number of para-hydroxylation sites is 1. The smallest absolute Gasteiger partial charge is 0.257 e. The van der Waals surface area contributed by atoms with Gasteiger partial charge in [0.25, 0.3) is 11.8 Å². The van der Waals surface area contributed by atoms with Gasteiger partial charge in [-0.15, -0.1) is 0 Å². The number of carbonyl (C=O) groups excluding carboxylic acids is 2. The van der Waals surface area contributed by atoms with E-state index < -0.39 is 0 Å². The fourth-order valence-corrected chi connectivity index (χ4v) is 4.53. The molecule has 2 heterocycles. The maximum atomic E-state index is 13.4. The second kappa shape index (κ2) is 8.46. The molecular weight excluding hydrogens is 405 g/mol. The number of piperidine rings is 1. The molecule has 32 heavy (non-hydrogen) atoms. The normalized spacial score (nSPS) is 15.8. The number of halogens is 1. The first-order chi connectivity index (χ1) is 15.6. The number of hydrogen-bond donors (Lipinski definition) is 2. The second-order valence-corrected chi connectivity index (χ2v) is 8.45. The van der Waals surface area contributed by atoms with Crippen LogP contribution in [0.15, 0.2) is 66.7 Å². The van der Waals surface area contributed by atoms with Gasteiger partial charge in [-0.25, -0.2) is 4.39 Å². The highest BCUT2D eigenvalue weighted by molar-refractivity contribution is 6.12. The summed E-state index contributed by atoms with van der Waals surface area (Å²) < 4.78 is 13.4. The minimum atomic E-state index is -0.206. The second-order valence-electron chi connectivity index (χ2n) is 8.45. The zero-order valence-corrected chi connectivity index (χ0v) is 17.6. The molecule has 2 aliphatic rings. The Morgan fingerprint density at radius 1 is 0.906 bits per heavy atom. The van der Waals surface area contributed by atoms with Crippen molar-refractivity contribution < 1.29 is 14.0 Å². The number of hydrogen-bond acceptors (Lipinski definition) is 3. The number of nitrogens with zero attached hydrogens (tertiary/aromatic N) is 1. The van der Waals surface area contributed by atoms with Gasteiger partial charge in [-0.2, -0.15) is 0 Å². The first-order valence-corrected chi connectivity index (χ1v) is 10.9. The molecule has 5 rings (SSSR count). The van der Waals surface area contributed by atoms with Crippen molar-refractivity contribution in [1.29, 1.82) is 0 Å². The van der Waals surface area contributed by atoms with Crippen molar-refractivity contribution in [3.8, 4) is 0 Å². The van der Waals surface area contributed by atoms with Crippen LogP contribution in [0, 0.1) is 11.7 Å². The van der Waals surface area contributed by atoms with Gasteiger partial charge in [0.15, 0.2) is 0 Å². The zero-order valence-electron chi connectivity index (χ0n) is 17.6. The molecule has 0 aromatic heterocycles. The van der Waals surface area contributed by atoms with Gasteiger partial charge in [0.05, 0.1) is 22.6 Å². The summed E-state index contributed by atoms with van der Waals surface area (Å²) in [6.45, 7) is 1.35. The van der Waals surface area contributed by atoms with Gasteiger partial charge in [0, 0.05) is 18.7 Å². The van der Waals surface area contributed by atoms with Crippen molar-refractivity contribution >= 4 is 28.9 Å². The molecule has 1 fully saturated rings. The van der Waals surface area contributed by atoms with Gasteiger partial charge in [-0.05, 0) is 73.2 Å². The van der Waals surface area contributed by atoms with E-state index in [-0.39, 0.29) is 17.6 Å². The van der Waals surface area contributed by atoms with Crippen molar-refractivity contribution in [2.45, 2.75) is 19.3 Å². The molecule has 2 N–H and O–H groups in total. The fraction of sp³-hybridized carbons (Fsp3) is 0.231. The van der Waals surface area contributed by atoms with Crippen LogP contribution in [0.3, 0.4) is 0 Å². The van der Waals surface area contributed by atoms with Crippen molar-refractivity contribution in [3.05, 3.63) is 89.2 Å². The van der Waals surface area contributed by atoms with Gasteiger partial charge in [0.2, 0.25) is 0 Å². The van der Waals surface area contributed by atoms with Crippen molar-refractivity contribution in [2.75, 3.05) is 23.7 Å². The SMILES string of the molecule is O=C1Nc2cc(C(=O)N3CCC(Cc4cccc(F)c4)CC3)ccc2Nc2ccccc21. The van der Waals surface area contributed by atoms with Crippen molar-refractivity contribution in [1.82, 2.24) is 4.90 Å². The fourth-order valence-electron chi connectivity index (χ4n) is 4.53. The van der Waals surface area contributed by atoms with E-state index in [2.05, 4.69) is 10.6 Å². The predicted molar refractivity (Wildman–Crippen MR) is 123 cm³/mol. The van der Waals surface area contributed by atoms with Gasteiger partial charge < -0.3 is 15.5 Å². The van der Waals surface area contributed by atoms with Gasteiger partial charge >= 0.3 is 0 Å². The molecule has 6 heteroatoms. The Morgan fingerprint density at radius 3 is 2.53 bits per heavy atom. The van der Waals surface area contributed by atoms with Gasteiger partial charge in [-0.3, -0.25) is 9.59 Å². The van der Waals surface area contributed by atoms with E-state index >= 15 is 0 Å². The minimum Gasteiger partial charge on any atom is -0.353 e. The molecule has 2 amide bonds. The Balaban J connectivity index is 1.26. The van der Waals surface area contributed by atoms with Crippen molar-refractivity contribution in [3.63, 3.8) is 0 Å². The Kier molecular flexibility index (Phi) is 5.35. The summed E-state index contributed by atoms with van der Waals surface area (Å²) >= 11 is 0. The lowest BCUT2D eigenvalue weighted by Crippen LogP contribution is -2.39. The van der Waals surface area contributed by atoms with E-state index in [1.54, 1.807) is 30.3 Å². The molecule has 0 aliphatic carbocycles. The molecule has 3 aromatic rings. The van der Waals surface area contributed by atoms with Crippen LogP contribution in [0.1, 0.15) is 39.1 Å². The number of nitrogens with one attached hydrogen (secondary N) is 2. The third-order valence-electron chi connectivity index (χ3n) is 6.27. The molecule has 3 aromatic carbocycles. The number of benzene rings is 3. The van der Waals surface area contributed by atoms with Crippen LogP contribution in [0.25, 0.3) is 0 Å². The van der Waals surface area contributed by atoms with E-state index in [4.69, 9.17) is 0 Å². The maximum Gasteiger partial charge on any atom is 0.257 e. The Morgan fingerprint density at radius 2 is 1.72 bits per heavy atom. The number of amides is 2. The summed E-state index contributed by atoms with van der Waals surface area (Å²) in [5.41, 5.74) is 4.22. The Hall–Kier alpha value is -3.67. The van der Waals surface area contributed by atoms with Crippen molar-refractivity contribution in [2.24, 2.45) is 5.92 Å². The first kappa shape index (κ1) is 20.2. The average Bonchev–Trinajstić information content (AvgIpc) is 2.94. The highest BCUT2D eigenvalue weighted by Gasteiger charge is 2.25. The van der Waals surface area contributed by atoms with Crippen LogP contribution in [-0.2, 0) is 6.42 Å². The number of fused-ring (bicyclic) bond motifs is 2. The van der Waals surface area contributed by atoms with E-state index in [0.29, 0.717) is 35.8 Å². The van der Waals surface area contributed by atoms with Crippen LogP contribution >= 0.6 is 0 Å². The topological polar surface area (TPSA) is 61.4 Å². The third-order valence-corrected chi connectivity index (χ3v) is 6.27. The lowest BCUT2D eigenvalue weighted by molar-refractivity contribution is 0.0690. The highest BCUT2D eigenvalue weighted by atomic mass is 19.1.